The number of esters is 2. The Kier molecular flexibility index (Phi) is 4.28. The number of hydrogen-bond acceptors (Lipinski definition) is 5. The first kappa shape index (κ1) is 20.7. The van der Waals surface area contributed by atoms with Gasteiger partial charge in [-0.2, -0.15) is 13.2 Å². The van der Waals surface area contributed by atoms with Crippen LogP contribution in [0.1, 0.15) is 45.6 Å². The van der Waals surface area contributed by atoms with Crippen molar-refractivity contribution in [1.29, 1.82) is 0 Å². The minimum atomic E-state index is -4.53. The average molecular weight is 425 g/mol. The summed E-state index contributed by atoms with van der Waals surface area (Å²) in [7, 11) is 0. The zero-order valence-electron chi connectivity index (χ0n) is 16.8. The molecule has 1 amide bonds. The van der Waals surface area contributed by atoms with Crippen LogP contribution < -0.4 is 4.90 Å². The van der Waals surface area contributed by atoms with Crippen LogP contribution in [0.25, 0.3) is 0 Å². The summed E-state index contributed by atoms with van der Waals surface area (Å²) in [4.78, 5) is 39.3. The quantitative estimate of drug-likeness (QED) is 0.694. The summed E-state index contributed by atoms with van der Waals surface area (Å²) in [5.74, 6) is -1.83. The van der Waals surface area contributed by atoms with Crippen molar-refractivity contribution in [2.24, 2.45) is 10.8 Å². The van der Waals surface area contributed by atoms with Crippen LogP contribution in [0.3, 0.4) is 0 Å². The predicted octanol–water partition coefficient (Wildman–Crippen LogP) is 3.48. The van der Waals surface area contributed by atoms with Crippen molar-refractivity contribution in [2.45, 2.75) is 57.9 Å². The van der Waals surface area contributed by atoms with Crippen LogP contribution >= 0.6 is 0 Å². The fourth-order valence-electron chi connectivity index (χ4n) is 4.80. The summed E-state index contributed by atoms with van der Waals surface area (Å²) < 4.78 is 49.9. The van der Waals surface area contributed by atoms with Gasteiger partial charge in [-0.3, -0.25) is 9.59 Å². The van der Waals surface area contributed by atoms with Gasteiger partial charge in [0, 0.05) is 24.1 Å². The van der Waals surface area contributed by atoms with Crippen molar-refractivity contribution in [3.63, 3.8) is 0 Å². The van der Waals surface area contributed by atoms with Crippen LogP contribution in [0, 0.1) is 10.8 Å². The predicted molar refractivity (Wildman–Crippen MR) is 98.2 cm³/mol. The molecule has 162 valence electrons. The van der Waals surface area contributed by atoms with Gasteiger partial charge in [0.15, 0.2) is 6.10 Å². The van der Waals surface area contributed by atoms with Crippen molar-refractivity contribution in [3.8, 4) is 0 Å². The van der Waals surface area contributed by atoms with Gasteiger partial charge in [0.1, 0.15) is 0 Å². The number of benzene rings is 1. The molecular formula is C21H22F3NO5. The molecule has 9 heteroatoms. The molecule has 0 N–H and O–H groups in total. The molecule has 2 aliphatic heterocycles. The van der Waals surface area contributed by atoms with Crippen molar-refractivity contribution in [1.82, 2.24) is 0 Å². The van der Waals surface area contributed by atoms with Gasteiger partial charge in [-0.1, -0.05) is 19.9 Å². The number of halogens is 3. The Morgan fingerprint density at radius 1 is 1.20 bits per heavy atom. The Bertz CT molecular complexity index is 943. The third-order valence-electron chi connectivity index (χ3n) is 7.30. The lowest BCUT2D eigenvalue weighted by molar-refractivity contribution is -0.187. The lowest BCUT2D eigenvalue weighted by Gasteiger charge is -2.35. The van der Waals surface area contributed by atoms with E-state index >= 15 is 0 Å². The zero-order chi connectivity index (χ0) is 22.1. The minimum Gasteiger partial charge on any atom is -0.449 e. The SMILES string of the molecule is CC1(C)[C@@]2(C)CC[C@]1(C(=O)O[C@H]1CCN(c3cccc(C(F)(F)F)c3)C1=O)OC2=O. The number of fused-ring (bicyclic) bond motifs is 2. The fraction of sp³-hybridized carbons (Fsp3) is 0.571. The van der Waals surface area contributed by atoms with Crippen molar-refractivity contribution in [2.75, 3.05) is 11.4 Å². The molecule has 3 aliphatic rings. The molecule has 2 bridgehead atoms. The smallest absolute Gasteiger partial charge is 0.416 e. The molecule has 3 fully saturated rings. The molecule has 0 radical (unpaired) electrons. The van der Waals surface area contributed by atoms with Crippen LogP contribution in [0.15, 0.2) is 24.3 Å². The topological polar surface area (TPSA) is 72.9 Å². The van der Waals surface area contributed by atoms with Gasteiger partial charge in [0.05, 0.1) is 11.0 Å². The number of hydrogen-bond donors (Lipinski definition) is 0. The molecule has 1 aliphatic carbocycles. The van der Waals surface area contributed by atoms with E-state index in [1.54, 1.807) is 20.8 Å². The van der Waals surface area contributed by atoms with Gasteiger partial charge in [0.2, 0.25) is 5.60 Å². The van der Waals surface area contributed by atoms with E-state index in [2.05, 4.69) is 0 Å². The summed E-state index contributed by atoms with van der Waals surface area (Å²) in [5, 5.41) is 0. The Morgan fingerprint density at radius 3 is 2.47 bits per heavy atom. The van der Waals surface area contributed by atoms with Crippen LogP contribution in [-0.2, 0) is 30.0 Å². The van der Waals surface area contributed by atoms with Gasteiger partial charge in [0.25, 0.3) is 5.91 Å². The normalized spacial score (nSPS) is 32.5. The molecule has 1 aromatic carbocycles. The van der Waals surface area contributed by atoms with Crippen molar-refractivity contribution < 1.29 is 37.0 Å². The molecule has 0 aromatic heterocycles. The van der Waals surface area contributed by atoms with E-state index in [-0.39, 0.29) is 18.7 Å². The lowest BCUT2D eigenvalue weighted by atomic mass is 9.66. The molecule has 3 atom stereocenters. The monoisotopic (exact) mass is 425 g/mol. The summed E-state index contributed by atoms with van der Waals surface area (Å²) >= 11 is 0. The highest BCUT2D eigenvalue weighted by Gasteiger charge is 2.76. The van der Waals surface area contributed by atoms with Crippen LogP contribution in [0.5, 0.6) is 0 Å². The first-order valence-corrected chi connectivity index (χ1v) is 9.77. The number of rotatable bonds is 3. The minimum absolute atomic E-state index is 0.0904. The molecule has 1 aromatic rings. The van der Waals surface area contributed by atoms with E-state index in [1.165, 1.54) is 17.0 Å². The molecule has 1 saturated carbocycles. The number of anilines is 1. The lowest BCUT2D eigenvalue weighted by Crippen LogP contribution is -2.50. The summed E-state index contributed by atoms with van der Waals surface area (Å²) in [6, 6.07) is 4.45. The number of carbonyl (C=O) groups excluding carboxylic acids is 3. The summed E-state index contributed by atoms with van der Waals surface area (Å²) in [6.45, 7) is 5.43. The number of amides is 1. The Hall–Kier alpha value is -2.58. The molecular weight excluding hydrogens is 403 g/mol. The average Bonchev–Trinajstić information content (AvgIpc) is 3.17. The molecule has 2 saturated heterocycles. The first-order valence-electron chi connectivity index (χ1n) is 9.77. The van der Waals surface area contributed by atoms with Gasteiger partial charge < -0.3 is 14.4 Å². The maximum Gasteiger partial charge on any atom is 0.416 e. The van der Waals surface area contributed by atoms with Crippen LogP contribution in [-0.4, -0.2) is 36.1 Å². The molecule has 4 rings (SSSR count). The highest BCUT2D eigenvalue weighted by Crippen LogP contribution is 2.65. The highest BCUT2D eigenvalue weighted by atomic mass is 19.4. The third kappa shape index (κ3) is 2.60. The van der Waals surface area contributed by atoms with E-state index in [9.17, 15) is 27.6 Å². The molecule has 0 unspecified atom stereocenters. The second-order valence-electron chi connectivity index (χ2n) is 8.89. The largest absolute Gasteiger partial charge is 0.449 e. The fourth-order valence-corrected chi connectivity index (χ4v) is 4.80. The second-order valence-corrected chi connectivity index (χ2v) is 8.89. The van der Waals surface area contributed by atoms with Crippen molar-refractivity contribution in [3.05, 3.63) is 29.8 Å². The third-order valence-corrected chi connectivity index (χ3v) is 7.30. The van der Waals surface area contributed by atoms with Gasteiger partial charge >= 0.3 is 18.1 Å². The second kappa shape index (κ2) is 6.21. The van der Waals surface area contributed by atoms with Crippen molar-refractivity contribution >= 4 is 23.5 Å². The summed E-state index contributed by atoms with van der Waals surface area (Å²) in [6.07, 6.45) is -4.75. The Morgan fingerprint density at radius 2 is 1.90 bits per heavy atom. The standard InChI is InChI=1S/C21H22F3NO5/c1-18(2)19(3)8-9-20(18,30-16(19)27)17(28)29-14-7-10-25(15(14)26)13-6-4-5-12(11-13)21(22,23)24/h4-6,11,14H,7-10H2,1-3H3/t14-,19-,20+/m0/s1. The van der Waals surface area contributed by atoms with Crippen LogP contribution in [0.4, 0.5) is 18.9 Å². The van der Waals surface area contributed by atoms with Crippen LogP contribution in [0.2, 0.25) is 0 Å². The van der Waals surface area contributed by atoms with E-state index in [1.807, 2.05) is 0 Å². The highest BCUT2D eigenvalue weighted by molar-refractivity contribution is 6.01. The number of nitrogens with zero attached hydrogens (tertiary/aromatic N) is 1. The molecule has 6 nitrogen and oxygen atoms in total. The zero-order valence-corrected chi connectivity index (χ0v) is 16.8. The van der Waals surface area contributed by atoms with Gasteiger partial charge in [-0.15, -0.1) is 0 Å². The Balaban J connectivity index is 1.52. The molecule has 30 heavy (non-hydrogen) atoms. The Labute approximate surface area is 171 Å². The van der Waals surface area contributed by atoms with E-state index in [4.69, 9.17) is 9.47 Å². The first-order chi connectivity index (χ1) is 13.8. The number of alkyl halides is 3. The molecule has 0 spiro atoms. The van der Waals surface area contributed by atoms with Gasteiger partial charge in [-0.05, 0) is 38.0 Å². The van der Waals surface area contributed by atoms with E-state index < -0.39 is 52.1 Å². The number of carbonyl (C=O) groups is 3. The maximum absolute atomic E-state index is 13.0. The molecule has 2 heterocycles. The van der Waals surface area contributed by atoms with Gasteiger partial charge in [-0.25, -0.2) is 4.79 Å². The van der Waals surface area contributed by atoms with E-state index in [0.717, 1.165) is 12.1 Å². The van der Waals surface area contributed by atoms with E-state index in [0.29, 0.717) is 12.8 Å². The summed E-state index contributed by atoms with van der Waals surface area (Å²) in [5.41, 5.74) is -3.85. The maximum atomic E-state index is 13.0. The number of ether oxygens (including phenoxy) is 2.